The molecule has 0 aliphatic rings. The average Bonchev–Trinajstić information content (AvgIpc) is 3.03. The van der Waals surface area contributed by atoms with Crippen LogP contribution in [0.4, 0.5) is 0 Å². The topological polar surface area (TPSA) is 69.6 Å². The highest BCUT2D eigenvalue weighted by atomic mass is 16.4. The Hall–Kier alpha value is -1.62. The molecule has 0 bridgehead atoms. The van der Waals surface area contributed by atoms with E-state index in [9.17, 15) is 9.59 Å². The van der Waals surface area contributed by atoms with Crippen LogP contribution in [0.2, 0.25) is 0 Å². The van der Waals surface area contributed by atoms with E-state index in [1.54, 1.807) is 0 Å². The Morgan fingerprint density at radius 3 is 1.22 bits per heavy atom. The van der Waals surface area contributed by atoms with Crippen LogP contribution in [0.25, 0.3) is 0 Å². The van der Waals surface area contributed by atoms with E-state index in [0.29, 0.717) is 12.8 Å². The normalized spacial score (nSPS) is 11.4. The van der Waals surface area contributed by atoms with Gasteiger partial charge in [0, 0.05) is 19.4 Å². The molecule has 0 saturated heterocycles. The molecule has 0 heterocycles. The molecule has 0 aliphatic heterocycles. The first kappa shape index (κ1) is 46.5. The largest absolute Gasteiger partial charge is 0.481 e. The first-order valence-electron chi connectivity index (χ1n) is 19.9. The van der Waals surface area contributed by atoms with Gasteiger partial charge in [-0.2, -0.15) is 0 Å². The zero-order chi connectivity index (χ0) is 34.2. The van der Waals surface area contributed by atoms with Crippen molar-refractivity contribution in [3.05, 3.63) is 24.3 Å². The van der Waals surface area contributed by atoms with Crippen molar-refractivity contribution in [3.63, 3.8) is 0 Å². The molecule has 5 heteroatoms. The molecule has 0 aromatic rings. The van der Waals surface area contributed by atoms with E-state index < -0.39 is 5.97 Å². The fourth-order valence-electron chi connectivity index (χ4n) is 5.41. The van der Waals surface area contributed by atoms with Gasteiger partial charge < -0.3 is 15.3 Å². The lowest BCUT2D eigenvalue weighted by atomic mass is 10.1. The summed E-state index contributed by atoms with van der Waals surface area (Å²) < 4.78 is 0. The standard InChI is InChI=1S/C23H46N2O.C18H34O2/c1-4-5-6-7-8-9-10-11-12-13-14-15-16-17-18-20-23(26)24-21-19-22-25(2)3;1-2-3-4-5-6-7-8-9-10-11-12-13-14-15-16-17-18(19)20/h11-12H,4-10,13-22H2,1-3H3,(H,24,26);9-10H,2-8,11-17H2,1H3,(H,19,20). The van der Waals surface area contributed by atoms with Crippen LogP contribution in [0.15, 0.2) is 24.3 Å². The van der Waals surface area contributed by atoms with Gasteiger partial charge in [-0.1, -0.05) is 141 Å². The van der Waals surface area contributed by atoms with Crippen LogP contribution in [0, 0.1) is 0 Å². The highest BCUT2D eigenvalue weighted by Crippen LogP contribution is 2.11. The average molecular weight is 649 g/mol. The Balaban J connectivity index is 0. The molecule has 1 amide bonds. The first-order valence-corrected chi connectivity index (χ1v) is 19.9. The van der Waals surface area contributed by atoms with Gasteiger partial charge in [-0.25, -0.2) is 0 Å². The van der Waals surface area contributed by atoms with Crippen molar-refractivity contribution < 1.29 is 14.7 Å². The fourth-order valence-corrected chi connectivity index (χ4v) is 5.41. The van der Waals surface area contributed by atoms with Crippen LogP contribution in [-0.4, -0.2) is 49.1 Å². The van der Waals surface area contributed by atoms with Crippen LogP contribution in [-0.2, 0) is 9.59 Å². The van der Waals surface area contributed by atoms with E-state index in [1.165, 1.54) is 148 Å². The van der Waals surface area contributed by atoms with Crippen LogP contribution in [0.1, 0.15) is 200 Å². The number of nitrogens with one attached hydrogen (secondary N) is 1. The van der Waals surface area contributed by atoms with Crippen molar-refractivity contribution in [1.82, 2.24) is 10.2 Å². The summed E-state index contributed by atoms with van der Waals surface area (Å²) in [6.07, 6.45) is 44.6. The quantitative estimate of drug-likeness (QED) is 0.0538. The zero-order valence-electron chi connectivity index (χ0n) is 31.4. The summed E-state index contributed by atoms with van der Waals surface area (Å²) in [4.78, 5) is 24.2. The van der Waals surface area contributed by atoms with Crippen LogP contribution in [0.5, 0.6) is 0 Å². The third-order valence-electron chi connectivity index (χ3n) is 8.42. The Kier molecular flexibility index (Phi) is 41.9. The maximum atomic E-state index is 11.7. The summed E-state index contributed by atoms with van der Waals surface area (Å²) in [6.45, 7) is 6.37. The first-order chi connectivity index (χ1) is 22.4. The number of nitrogens with zero attached hydrogens (tertiary/aromatic N) is 1. The zero-order valence-corrected chi connectivity index (χ0v) is 31.4. The minimum Gasteiger partial charge on any atom is -0.481 e. The molecule has 0 aromatic heterocycles. The van der Waals surface area contributed by atoms with Gasteiger partial charge in [0.05, 0.1) is 0 Å². The monoisotopic (exact) mass is 649 g/mol. The molecular formula is C41H80N2O3. The molecule has 0 atom stereocenters. The number of hydrogen-bond donors (Lipinski definition) is 2. The minimum absolute atomic E-state index is 0.224. The molecule has 272 valence electrons. The predicted octanol–water partition coefficient (Wildman–Crippen LogP) is 12.2. The Bertz CT molecular complexity index is 675. The second-order valence-electron chi connectivity index (χ2n) is 13.6. The lowest BCUT2D eigenvalue weighted by molar-refractivity contribution is -0.137. The number of carbonyl (C=O) groups excluding carboxylic acids is 1. The number of amides is 1. The summed E-state index contributed by atoms with van der Waals surface area (Å²) in [5.74, 6) is -0.441. The maximum Gasteiger partial charge on any atom is 0.303 e. The number of unbranched alkanes of at least 4 members (excludes halogenated alkanes) is 22. The van der Waals surface area contributed by atoms with Crippen molar-refractivity contribution in [2.24, 2.45) is 0 Å². The smallest absolute Gasteiger partial charge is 0.303 e. The van der Waals surface area contributed by atoms with E-state index in [0.717, 1.165) is 38.8 Å². The van der Waals surface area contributed by atoms with Crippen LogP contribution < -0.4 is 5.32 Å². The molecule has 0 aromatic carbocycles. The second kappa shape index (κ2) is 41.4. The maximum absolute atomic E-state index is 11.7. The van der Waals surface area contributed by atoms with Gasteiger partial charge in [0.15, 0.2) is 0 Å². The molecule has 46 heavy (non-hydrogen) atoms. The summed E-state index contributed by atoms with van der Waals surface area (Å²) in [6, 6.07) is 0. The van der Waals surface area contributed by atoms with E-state index in [-0.39, 0.29) is 5.91 Å². The van der Waals surface area contributed by atoms with Crippen molar-refractivity contribution in [3.8, 4) is 0 Å². The summed E-state index contributed by atoms with van der Waals surface area (Å²) in [7, 11) is 4.13. The highest BCUT2D eigenvalue weighted by molar-refractivity contribution is 5.75. The molecule has 0 radical (unpaired) electrons. The van der Waals surface area contributed by atoms with Crippen molar-refractivity contribution in [2.75, 3.05) is 27.2 Å². The number of carboxylic acids is 1. The number of rotatable bonds is 34. The Morgan fingerprint density at radius 1 is 0.500 bits per heavy atom. The SMILES string of the molecule is CCCCCCCCC=CCCCCCCCC(=O)NCCCN(C)C.CCCCCCCCC=CCCCCCCCC(=O)O. The van der Waals surface area contributed by atoms with Gasteiger partial charge in [-0.15, -0.1) is 0 Å². The Morgan fingerprint density at radius 2 is 0.848 bits per heavy atom. The molecular weight excluding hydrogens is 568 g/mol. The lowest BCUT2D eigenvalue weighted by Gasteiger charge is -2.09. The van der Waals surface area contributed by atoms with E-state index in [2.05, 4.69) is 62.5 Å². The van der Waals surface area contributed by atoms with E-state index >= 15 is 0 Å². The number of carbonyl (C=O) groups is 2. The van der Waals surface area contributed by atoms with Crippen molar-refractivity contribution in [1.29, 1.82) is 0 Å². The highest BCUT2D eigenvalue weighted by Gasteiger charge is 2.01. The van der Waals surface area contributed by atoms with Gasteiger partial charge in [-0.05, 0) is 91.3 Å². The molecule has 0 spiro atoms. The van der Waals surface area contributed by atoms with Crippen molar-refractivity contribution in [2.45, 2.75) is 200 Å². The van der Waals surface area contributed by atoms with Gasteiger partial charge in [0.2, 0.25) is 5.91 Å². The predicted molar refractivity (Wildman–Crippen MR) is 203 cm³/mol. The van der Waals surface area contributed by atoms with Gasteiger partial charge >= 0.3 is 5.97 Å². The fraction of sp³-hybridized carbons (Fsp3) is 0.854. The third kappa shape index (κ3) is 46.8. The summed E-state index contributed by atoms with van der Waals surface area (Å²) >= 11 is 0. The molecule has 0 rings (SSSR count). The van der Waals surface area contributed by atoms with E-state index in [4.69, 9.17) is 5.11 Å². The molecule has 2 N–H and O–H groups in total. The molecule has 5 nitrogen and oxygen atoms in total. The number of hydrogen-bond acceptors (Lipinski definition) is 3. The van der Waals surface area contributed by atoms with Gasteiger partial charge in [0.1, 0.15) is 0 Å². The molecule has 0 aliphatic carbocycles. The minimum atomic E-state index is -0.664. The number of allylic oxidation sites excluding steroid dienone is 4. The Labute approximate surface area is 287 Å². The molecule has 0 saturated carbocycles. The lowest BCUT2D eigenvalue weighted by Crippen LogP contribution is -2.26. The van der Waals surface area contributed by atoms with Gasteiger partial charge in [0.25, 0.3) is 0 Å². The summed E-state index contributed by atoms with van der Waals surface area (Å²) in [5, 5.41) is 11.5. The van der Waals surface area contributed by atoms with Crippen LogP contribution >= 0.6 is 0 Å². The van der Waals surface area contributed by atoms with Gasteiger partial charge in [-0.3, -0.25) is 9.59 Å². The van der Waals surface area contributed by atoms with Crippen LogP contribution in [0.3, 0.4) is 0 Å². The molecule has 0 unspecified atom stereocenters. The number of aliphatic carboxylic acids is 1. The summed E-state index contributed by atoms with van der Waals surface area (Å²) in [5.41, 5.74) is 0. The number of carboxylic acid groups (broad SMARTS) is 1. The van der Waals surface area contributed by atoms with Crippen molar-refractivity contribution >= 4 is 11.9 Å². The molecule has 0 fully saturated rings. The third-order valence-corrected chi connectivity index (χ3v) is 8.42. The van der Waals surface area contributed by atoms with E-state index in [1.807, 2.05) is 0 Å². The second-order valence-corrected chi connectivity index (χ2v) is 13.6.